The average Bonchev–Trinajstić information content (AvgIpc) is 2.74. The van der Waals surface area contributed by atoms with Crippen molar-refractivity contribution in [2.75, 3.05) is 6.54 Å². The van der Waals surface area contributed by atoms with Crippen LogP contribution in [-0.4, -0.2) is 21.1 Å². The van der Waals surface area contributed by atoms with Crippen LogP contribution in [0.15, 0.2) is 43.2 Å². The van der Waals surface area contributed by atoms with Crippen LogP contribution in [0.3, 0.4) is 0 Å². The van der Waals surface area contributed by atoms with E-state index in [-0.39, 0.29) is 6.04 Å². The second-order valence-corrected chi connectivity index (χ2v) is 3.05. The summed E-state index contributed by atoms with van der Waals surface area (Å²) in [6.45, 7) is 0.544. The highest BCUT2D eigenvalue weighted by Gasteiger charge is 2.10. The molecule has 2 heterocycles. The van der Waals surface area contributed by atoms with E-state index in [0.29, 0.717) is 6.54 Å². The highest BCUT2D eigenvalue weighted by atomic mass is 15.1. The molecular weight excluding hydrogens is 176 g/mol. The molecule has 4 heteroatoms. The van der Waals surface area contributed by atoms with Crippen LogP contribution >= 0.6 is 0 Å². The third-order valence-electron chi connectivity index (χ3n) is 2.18. The van der Waals surface area contributed by atoms with Crippen molar-refractivity contribution in [2.45, 2.75) is 6.04 Å². The molecule has 0 saturated carbocycles. The minimum atomic E-state index is 0.131. The zero-order chi connectivity index (χ0) is 9.80. The van der Waals surface area contributed by atoms with Gasteiger partial charge in [0.05, 0.1) is 12.4 Å². The van der Waals surface area contributed by atoms with Crippen molar-refractivity contribution in [3.63, 3.8) is 0 Å². The van der Waals surface area contributed by atoms with E-state index in [4.69, 9.17) is 5.73 Å². The quantitative estimate of drug-likeness (QED) is 0.776. The van der Waals surface area contributed by atoms with E-state index in [1.807, 2.05) is 29.1 Å². The van der Waals surface area contributed by atoms with Gasteiger partial charge in [-0.25, -0.2) is 4.98 Å². The molecule has 1 unspecified atom stereocenters. The van der Waals surface area contributed by atoms with E-state index in [1.54, 1.807) is 18.7 Å². The van der Waals surface area contributed by atoms with Crippen LogP contribution in [0.2, 0.25) is 0 Å². The van der Waals surface area contributed by atoms with Crippen LogP contribution in [0.1, 0.15) is 11.6 Å². The minimum Gasteiger partial charge on any atom is -0.329 e. The van der Waals surface area contributed by atoms with E-state index < -0.39 is 0 Å². The van der Waals surface area contributed by atoms with Crippen molar-refractivity contribution in [2.24, 2.45) is 5.73 Å². The minimum absolute atomic E-state index is 0.131. The summed E-state index contributed by atoms with van der Waals surface area (Å²) in [5.74, 6) is 0. The van der Waals surface area contributed by atoms with E-state index >= 15 is 0 Å². The van der Waals surface area contributed by atoms with Crippen molar-refractivity contribution in [3.8, 4) is 0 Å². The van der Waals surface area contributed by atoms with Crippen LogP contribution in [-0.2, 0) is 0 Å². The zero-order valence-corrected chi connectivity index (χ0v) is 7.74. The average molecular weight is 188 g/mol. The highest BCUT2D eigenvalue weighted by molar-refractivity contribution is 5.15. The number of imidazole rings is 1. The number of hydrogen-bond acceptors (Lipinski definition) is 3. The van der Waals surface area contributed by atoms with Gasteiger partial charge >= 0.3 is 0 Å². The largest absolute Gasteiger partial charge is 0.329 e. The summed E-state index contributed by atoms with van der Waals surface area (Å²) in [7, 11) is 0. The van der Waals surface area contributed by atoms with Gasteiger partial charge < -0.3 is 10.3 Å². The Morgan fingerprint density at radius 3 is 2.86 bits per heavy atom. The first-order valence-electron chi connectivity index (χ1n) is 4.49. The lowest BCUT2D eigenvalue weighted by atomic mass is 10.1. The predicted octanol–water partition coefficient (Wildman–Crippen LogP) is 0.826. The van der Waals surface area contributed by atoms with Gasteiger partial charge in [-0.1, -0.05) is 6.07 Å². The van der Waals surface area contributed by atoms with E-state index in [0.717, 1.165) is 5.56 Å². The molecule has 0 aliphatic rings. The van der Waals surface area contributed by atoms with Crippen LogP contribution in [0, 0.1) is 0 Å². The fourth-order valence-electron chi connectivity index (χ4n) is 1.46. The molecule has 0 fully saturated rings. The fourth-order valence-corrected chi connectivity index (χ4v) is 1.46. The van der Waals surface area contributed by atoms with Crippen molar-refractivity contribution < 1.29 is 0 Å². The molecule has 2 aromatic rings. The number of nitrogens with zero attached hydrogens (tertiary/aromatic N) is 3. The normalized spacial score (nSPS) is 12.6. The Hall–Kier alpha value is -1.68. The summed E-state index contributed by atoms with van der Waals surface area (Å²) in [6, 6.07) is 4.06. The maximum Gasteiger partial charge on any atom is 0.0952 e. The number of hydrogen-bond donors (Lipinski definition) is 1. The second-order valence-electron chi connectivity index (χ2n) is 3.05. The molecule has 0 saturated heterocycles. The third kappa shape index (κ3) is 1.65. The maximum atomic E-state index is 5.72. The molecule has 4 nitrogen and oxygen atoms in total. The number of rotatable bonds is 3. The maximum absolute atomic E-state index is 5.72. The van der Waals surface area contributed by atoms with Gasteiger partial charge in [0.1, 0.15) is 0 Å². The Bertz CT molecular complexity index is 368. The Balaban J connectivity index is 2.31. The van der Waals surface area contributed by atoms with Gasteiger partial charge in [-0.05, 0) is 11.6 Å². The third-order valence-corrected chi connectivity index (χ3v) is 2.18. The van der Waals surface area contributed by atoms with Crippen LogP contribution in [0.5, 0.6) is 0 Å². The van der Waals surface area contributed by atoms with Crippen LogP contribution in [0.25, 0.3) is 0 Å². The summed E-state index contributed by atoms with van der Waals surface area (Å²) in [5, 5.41) is 0. The summed E-state index contributed by atoms with van der Waals surface area (Å²) in [5.41, 5.74) is 6.82. The van der Waals surface area contributed by atoms with Crippen LogP contribution in [0.4, 0.5) is 0 Å². The van der Waals surface area contributed by atoms with Crippen molar-refractivity contribution in [1.82, 2.24) is 14.5 Å². The molecule has 0 radical (unpaired) electrons. The topological polar surface area (TPSA) is 56.7 Å². The fraction of sp³-hybridized carbons (Fsp3) is 0.200. The summed E-state index contributed by atoms with van der Waals surface area (Å²) in [4.78, 5) is 8.08. The Morgan fingerprint density at radius 2 is 2.29 bits per heavy atom. The van der Waals surface area contributed by atoms with Gasteiger partial charge in [0.25, 0.3) is 0 Å². The molecular formula is C10H12N4. The Labute approximate surface area is 82.4 Å². The summed E-state index contributed by atoms with van der Waals surface area (Å²) < 4.78 is 1.98. The number of aromatic nitrogens is 3. The molecule has 0 spiro atoms. The molecule has 0 aliphatic carbocycles. The predicted molar refractivity (Wildman–Crippen MR) is 53.7 cm³/mol. The van der Waals surface area contributed by atoms with Gasteiger partial charge in [0, 0.05) is 31.3 Å². The van der Waals surface area contributed by atoms with Gasteiger partial charge in [-0.3, -0.25) is 4.98 Å². The lowest BCUT2D eigenvalue weighted by Crippen LogP contribution is -2.19. The van der Waals surface area contributed by atoms with E-state index in [1.165, 1.54) is 0 Å². The summed E-state index contributed by atoms with van der Waals surface area (Å²) in [6.07, 6.45) is 9.01. The lowest BCUT2D eigenvalue weighted by Gasteiger charge is -2.15. The van der Waals surface area contributed by atoms with Gasteiger partial charge in [0.15, 0.2) is 0 Å². The molecule has 0 amide bonds. The van der Waals surface area contributed by atoms with Crippen LogP contribution < -0.4 is 5.73 Å². The number of nitrogens with two attached hydrogens (primary N) is 1. The Kier molecular flexibility index (Phi) is 2.55. The first-order valence-corrected chi connectivity index (χ1v) is 4.49. The zero-order valence-electron chi connectivity index (χ0n) is 7.74. The molecule has 2 rings (SSSR count). The van der Waals surface area contributed by atoms with Crippen molar-refractivity contribution >= 4 is 0 Å². The lowest BCUT2D eigenvalue weighted by molar-refractivity contribution is 0.592. The van der Waals surface area contributed by atoms with Gasteiger partial charge in [-0.2, -0.15) is 0 Å². The highest BCUT2D eigenvalue weighted by Crippen LogP contribution is 2.14. The first-order chi connectivity index (χ1) is 6.92. The van der Waals surface area contributed by atoms with E-state index in [2.05, 4.69) is 9.97 Å². The van der Waals surface area contributed by atoms with E-state index in [9.17, 15) is 0 Å². The molecule has 72 valence electrons. The van der Waals surface area contributed by atoms with Gasteiger partial charge in [0.2, 0.25) is 0 Å². The SMILES string of the molecule is NCC(c1cccnc1)n1ccnc1. The standard InChI is InChI=1S/C10H12N4/c11-6-10(14-5-4-13-8-14)9-2-1-3-12-7-9/h1-5,7-8,10H,6,11H2. The molecule has 0 aliphatic heterocycles. The molecule has 0 aromatic carbocycles. The van der Waals surface area contributed by atoms with Crippen molar-refractivity contribution in [1.29, 1.82) is 0 Å². The Morgan fingerprint density at radius 1 is 1.36 bits per heavy atom. The van der Waals surface area contributed by atoms with Crippen molar-refractivity contribution in [3.05, 3.63) is 48.8 Å². The van der Waals surface area contributed by atoms with Gasteiger partial charge in [-0.15, -0.1) is 0 Å². The molecule has 0 bridgehead atoms. The molecule has 14 heavy (non-hydrogen) atoms. The first kappa shape index (κ1) is 8.90. The molecule has 1 atom stereocenters. The smallest absolute Gasteiger partial charge is 0.0952 e. The summed E-state index contributed by atoms with van der Waals surface area (Å²) >= 11 is 0. The molecule has 2 aromatic heterocycles. The second kappa shape index (κ2) is 4.02. The molecule has 2 N–H and O–H groups in total. The number of pyridine rings is 1. The monoisotopic (exact) mass is 188 g/mol.